The van der Waals surface area contributed by atoms with Crippen molar-refractivity contribution in [2.45, 2.75) is 22.8 Å². The second kappa shape index (κ2) is 8.29. The van der Waals surface area contributed by atoms with Crippen molar-refractivity contribution in [2.24, 2.45) is 0 Å². The van der Waals surface area contributed by atoms with Gasteiger partial charge in [0.25, 0.3) is 9.84 Å². The van der Waals surface area contributed by atoms with Gasteiger partial charge in [0.1, 0.15) is 13.2 Å². The Labute approximate surface area is 147 Å². The Bertz CT molecular complexity index is 877. The van der Waals surface area contributed by atoms with E-state index in [1.54, 1.807) is 6.07 Å². The van der Waals surface area contributed by atoms with Crippen LogP contribution in [0.3, 0.4) is 0 Å². The van der Waals surface area contributed by atoms with Gasteiger partial charge in [-0.3, -0.25) is 14.2 Å². The largest absolute Gasteiger partial charge is 0.481 e. The molecule has 0 saturated heterocycles. The predicted molar refractivity (Wildman–Crippen MR) is 80.7 cm³/mol. The molecule has 2 aromatic rings. The zero-order valence-corrected chi connectivity index (χ0v) is 14.0. The highest BCUT2D eigenvalue weighted by molar-refractivity contribution is 7.91. The average Bonchev–Trinajstić information content (AvgIpc) is 2.99. The lowest BCUT2D eigenvalue weighted by Crippen LogP contribution is -2.31. The van der Waals surface area contributed by atoms with E-state index in [1.807, 2.05) is 0 Å². The number of aliphatic carboxylic acids is 1. The molecule has 2 rings (SSSR count). The van der Waals surface area contributed by atoms with Gasteiger partial charge in [-0.05, 0) is 17.0 Å². The molecule has 11 nitrogen and oxygen atoms in total. The predicted octanol–water partition coefficient (Wildman–Crippen LogP) is -0.0724. The number of carboxylic acid groups (broad SMARTS) is 1. The Hall–Kier alpha value is -3.15. The highest BCUT2D eigenvalue weighted by Gasteiger charge is 2.35. The third-order valence-electron chi connectivity index (χ3n) is 2.98. The summed E-state index contributed by atoms with van der Waals surface area (Å²) < 4.78 is 39.0. The molecule has 0 bridgehead atoms. The van der Waals surface area contributed by atoms with Crippen molar-refractivity contribution in [2.75, 3.05) is 13.2 Å². The summed E-state index contributed by atoms with van der Waals surface area (Å²) >= 11 is 0. The van der Waals surface area contributed by atoms with Crippen LogP contribution >= 0.6 is 0 Å². The summed E-state index contributed by atoms with van der Waals surface area (Å²) in [6.45, 7) is -0.613. The maximum Gasteiger partial charge on any atom is 0.415 e. The molecule has 1 aromatic carbocycles. The fraction of sp³-hybridized carbons (Fsp3) is 0.286. The van der Waals surface area contributed by atoms with E-state index >= 15 is 0 Å². The zero-order valence-electron chi connectivity index (χ0n) is 13.2. The Kier molecular flexibility index (Phi) is 6.11. The fourth-order valence-electron chi connectivity index (χ4n) is 1.82. The van der Waals surface area contributed by atoms with Crippen molar-refractivity contribution in [3.05, 3.63) is 35.5 Å². The van der Waals surface area contributed by atoms with E-state index < -0.39 is 32.7 Å². The molecule has 0 amide bonds. The first-order chi connectivity index (χ1) is 12.3. The number of rotatable bonds is 9. The Morgan fingerprint density at radius 2 is 1.88 bits per heavy atom. The number of ether oxygens (including phenoxy) is 2. The molecule has 0 atom stereocenters. The Balaban J connectivity index is 2.00. The van der Waals surface area contributed by atoms with E-state index in [0.29, 0.717) is 0 Å². The maximum atomic E-state index is 12.5. The van der Waals surface area contributed by atoms with Crippen LogP contribution in [0.1, 0.15) is 12.8 Å². The van der Waals surface area contributed by atoms with Crippen LogP contribution in [0.15, 0.2) is 44.9 Å². The van der Waals surface area contributed by atoms with Crippen molar-refractivity contribution < 1.29 is 42.1 Å². The van der Waals surface area contributed by atoms with Gasteiger partial charge in [0.05, 0.1) is 22.9 Å². The van der Waals surface area contributed by atoms with Crippen LogP contribution in [0, 0.1) is 5.21 Å². The van der Waals surface area contributed by atoms with Gasteiger partial charge >= 0.3 is 22.8 Å². The summed E-state index contributed by atoms with van der Waals surface area (Å²) in [4.78, 5) is 21.1. The molecular formula is C14H14N2O9S. The van der Waals surface area contributed by atoms with Crippen LogP contribution in [0.4, 0.5) is 0 Å². The van der Waals surface area contributed by atoms with Gasteiger partial charge < -0.3 is 19.8 Å². The summed E-state index contributed by atoms with van der Waals surface area (Å²) in [7, 11) is -4.23. The van der Waals surface area contributed by atoms with Crippen LogP contribution < -0.4 is 9.64 Å². The van der Waals surface area contributed by atoms with E-state index in [2.05, 4.69) is 9.79 Å². The van der Waals surface area contributed by atoms with Gasteiger partial charge in [-0.1, -0.05) is 18.2 Å². The lowest BCUT2D eigenvalue weighted by molar-refractivity contribution is -0.832. The van der Waals surface area contributed by atoms with E-state index in [4.69, 9.17) is 14.6 Å². The summed E-state index contributed by atoms with van der Waals surface area (Å²) in [6.07, 6.45) is -0.688. The van der Waals surface area contributed by atoms with E-state index in [1.165, 1.54) is 24.3 Å². The second-order valence-electron chi connectivity index (χ2n) is 4.82. The van der Waals surface area contributed by atoms with Gasteiger partial charge in [0, 0.05) is 0 Å². The number of carbonyl (C=O) groups is 2. The first-order valence-corrected chi connectivity index (χ1v) is 8.70. The van der Waals surface area contributed by atoms with Crippen molar-refractivity contribution in [3.63, 3.8) is 0 Å². The van der Waals surface area contributed by atoms with Crippen molar-refractivity contribution in [1.29, 1.82) is 0 Å². The summed E-state index contributed by atoms with van der Waals surface area (Å²) in [5.74, 6) is -2.48. The summed E-state index contributed by atoms with van der Waals surface area (Å²) in [6, 6.07) is 7.14. The first-order valence-electron chi connectivity index (χ1n) is 7.22. The summed E-state index contributed by atoms with van der Waals surface area (Å²) in [5.41, 5.74) is 0. The molecule has 0 unspecified atom stereocenters. The lowest BCUT2D eigenvalue weighted by Gasteiger charge is -2.04. The minimum absolute atomic E-state index is 0.155. The van der Waals surface area contributed by atoms with E-state index in [-0.39, 0.29) is 35.9 Å². The van der Waals surface area contributed by atoms with E-state index in [9.17, 15) is 23.2 Å². The number of nitrogens with zero attached hydrogens (tertiary/aromatic N) is 2. The highest BCUT2D eigenvalue weighted by atomic mass is 32.2. The molecule has 0 aliphatic rings. The van der Waals surface area contributed by atoms with Crippen molar-refractivity contribution in [3.8, 4) is 5.88 Å². The Morgan fingerprint density at radius 1 is 1.19 bits per heavy atom. The van der Waals surface area contributed by atoms with Crippen LogP contribution in [0.25, 0.3) is 0 Å². The monoisotopic (exact) mass is 386 g/mol. The molecule has 1 N–H and O–H groups in total. The molecular weight excluding hydrogens is 372 g/mol. The average molecular weight is 386 g/mol. The SMILES string of the molecule is O=C(O)CCC(=O)OCCOc1no[n+]([O-])c1S(=O)(=O)c1ccccc1. The van der Waals surface area contributed by atoms with Crippen molar-refractivity contribution >= 4 is 21.8 Å². The third-order valence-corrected chi connectivity index (χ3v) is 4.71. The maximum absolute atomic E-state index is 12.5. The lowest BCUT2D eigenvalue weighted by atomic mass is 10.3. The molecule has 140 valence electrons. The molecule has 26 heavy (non-hydrogen) atoms. The molecule has 0 aliphatic heterocycles. The molecule has 0 fully saturated rings. The number of benzene rings is 1. The minimum Gasteiger partial charge on any atom is -0.481 e. The third kappa shape index (κ3) is 4.69. The van der Waals surface area contributed by atoms with Gasteiger partial charge in [-0.2, -0.15) is 0 Å². The normalized spacial score (nSPS) is 11.1. The molecule has 0 saturated carbocycles. The van der Waals surface area contributed by atoms with Crippen LogP contribution in [0.5, 0.6) is 5.88 Å². The Morgan fingerprint density at radius 3 is 2.54 bits per heavy atom. The van der Waals surface area contributed by atoms with Gasteiger partial charge in [-0.25, -0.2) is 8.42 Å². The minimum atomic E-state index is -4.23. The van der Waals surface area contributed by atoms with Gasteiger partial charge in [0.2, 0.25) is 0 Å². The zero-order chi connectivity index (χ0) is 19.2. The van der Waals surface area contributed by atoms with E-state index in [0.717, 1.165) is 0 Å². The van der Waals surface area contributed by atoms with Crippen LogP contribution in [0.2, 0.25) is 0 Å². The number of hydrogen-bond acceptors (Lipinski definition) is 9. The molecule has 0 spiro atoms. The number of sulfone groups is 1. The number of aromatic nitrogens is 2. The number of carboxylic acids is 1. The van der Waals surface area contributed by atoms with Gasteiger partial charge in [-0.15, -0.1) is 0 Å². The second-order valence-corrected chi connectivity index (χ2v) is 6.68. The quantitative estimate of drug-likeness (QED) is 0.351. The molecule has 0 aliphatic carbocycles. The van der Waals surface area contributed by atoms with Crippen molar-refractivity contribution in [1.82, 2.24) is 5.16 Å². The molecule has 1 aromatic heterocycles. The fourth-order valence-corrected chi connectivity index (χ4v) is 3.11. The standard InChI is InChI=1S/C14H14N2O9S/c17-11(18)6-7-12(19)23-8-9-24-13-14(16(20)25-15-13)26(21,22)10-4-2-1-3-5-10/h1-5H,6-9H2,(H,17,18). The highest BCUT2D eigenvalue weighted by Crippen LogP contribution is 2.24. The number of carbonyl (C=O) groups excluding carboxylic acids is 1. The topological polar surface area (TPSA) is 160 Å². The molecule has 12 heteroatoms. The summed E-state index contributed by atoms with van der Waals surface area (Å²) in [5, 5.41) is 22.5. The smallest absolute Gasteiger partial charge is 0.415 e. The van der Waals surface area contributed by atoms with Crippen LogP contribution in [-0.4, -0.2) is 43.8 Å². The molecule has 0 radical (unpaired) electrons. The number of esters is 1. The number of hydrogen-bond donors (Lipinski definition) is 1. The van der Waals surface area contributed by atoms with Gasteiger partial charge in [0.15, 0.2) is 0 Å². The molecule has 1 heterocycles. The van der Waals surface area contributed by atoms with Crippen LogP contribution in [-0.2, 0) is 24.2 Å². The first kappa shape index (κ1) is 19.2.